The molecule has 0 aliphatic carbocycles. The Morgan fingerprint density at radius 3 is 2.64 bits per heavy atom. The van der Waals surface area contributed by atoms with Crippen LogP contribution in [0.25, 0.3) is 11.3 Å². The molecule has 0 radical (unpaired) electrons. The maximum Gasteiger partial charge on any atom is 0.409 e. The van der Waals surface area contributed by atoms with E-state index in [4.69, 9.17) is 9.47 Å². The van der Waals surface area contributed by atoms with Crippen molar-refractivity contribution < 1.29 is 27.8 Å². The first-order chi connectivity index (χ1) is 15.8. The van der Waals surface area contributed by atoms with E-state index >= 15 is 8.78 Å². The first-order valence-corrected chi connectivity index (χ1v) is 10.7. The fraction of sp³-hybridized carbons (Fsp3) is 0.500. The van der Waals surface area contributed by atoms with Gasteiger partial charge in [-0.2, -0.15) is 0 Å². The van der Waals surface area contributed by atoms with Crippen molar-refractivity contribution in [1.82, 2.24) is 24.7 Å². The van der Waals surface area contributed by atoms with Crippen molar-refractivity contribution in [1.29, 1.82) is 0 Å². The van der Waals surface area contributed by atoms with E-state index in [1.807, 2.05) is 11.6 Å². The summed E-state index contributed by atoms with van der Waals surface area (Å²) in [5, 5.41) is 2.37. The smallest absolute Gasteiger partial charge is 0.409 e. The number of carbonyl (C=O) groups excluding carboxylic acids is 2. The molecule has 33 heavy (non-hydrogen) atoms. The highest BCUT2D eigenvalue weighted by Gasteiger charge is 2.31. The highest BCUT2D eigenvalue weighted by Crippen LogP contribution is 2.33. The third-order valence-electron chi connectivity index (χ3n) is 6.03. The van der Waals surface area contributed by atoms with Crippen LogP contribution in [-0.4, -0.2) is 84.9 Å². The summed E-state index contributed by atoms with van der Waals surface area (Å²) in [6, 6.07) is 2.03. The summed E-state index contributed by atoms with van der Waals surface area (Å²) in [6.45, 7) is 2.95. The first-order valence-electron chi connectivity index (χ1n) is 10.7. The molecule has 178 valence electrons. The zero-order valence-electron chi connectivity index (χ0n) is 18.9. The van der Waals surface area contributed by atoms with Crippen molar-refractivity contribution in [2.45, 2.75) is 25.6 Å². The Kier molecular flexibility index (Phi) is 6.61. The molecule has 4 rings (SSSR count). The number of ether oxygens (including phenoxy) is 2. The van der Waals surface area contributed by atoms with Gasteiger partial charge in [-0.1, -0.05) is 0 Å². The maximum absolute atomic E-state index is 15.1. The van der Waals surface area contributed by atoms with Crippen LogP contribution in [0.1, 0.15) is 21.9 Å². The molecule has 0 unspecified atom stereocenters. The standard InChI is InChI=1S/C22H27F2N5O4/c1-25-21(30)13-8-15(23)19(16(24)9-13)20-17(29-5-4-27(2)12-18(29)26-20)10-14-11-28(6-7-33-14)22(31)32-3/h8-9,14H,4-7,10-12H2,1-3H3,(H,25,30)/t14-/m0/s1. The Morgan fingerprint density at radius 2 is 1.97 bits per heavy atom. The minimum atomic E-state index is -0.862. The van der Waals surface area contributed by atoms with Crippen LogP contribution in [0.15, 0.2) is 12.1 Å². The Labute approximate surface area is 190 Å². The van der Waals surface area contributed by atoms with Crippen LogP contribution in [0.2, 0.25) is 0 Å². The topological polar surface area (TPSA) is 88.9 Å². The number of imidazole rings is 1. The minimum Gasteiger partial charge on any atom is -0.453 e. The molecular weight excluding hydrogens is 436 g/mol. The summed E-state index contributed by atoms with van der Waals surface area (Å²) in [6.07, 6.45) is -0.508. The van der Waals surface area contributed by atoms with Gasteiger partial charge >= 0.3 is 6.09 Å². The molecule has 1 N–H and O–H groups in total. The van der Waals surface area contributed by atoms with Gasteiger partial charge < -0.3 is 24.3 Å². The molecule has 2 amide bonds. The lowest BCUT2D eigenvalue weighted by molar-refractivity contribution is -0.0244. The van der Waals surface area contributed by atoms with E-state index in [1.165, 1.54) is 14.2 Å². The number of carbonyl (C=O) groups is 2. The second-order valence-electron chi connectivity index (χ2n) is 8.22. The molecule has 2 aliphatic rings. The van der Waals surface area contributed by atoms with Crippen molar-refractivity contribution >= 4 is 12.0 Å². The molecule has 1 atom stereocenters. The Morgan fingerprint density at radius 1 is 1.24 bits per heavy atom. The number of aromatic nitrogens is 2. The Balaban J connectivity index is 1.74. The number of methoxy groups -OCH3 is 1. The number of amides is 2. The van der Waals surface area contributed by atoms with Gasteiger partial charge in [0.15, 0.2) is 0 Å². The van der Waals surface area contributed by atoms with E-state index in [-0.39, 0.29) is 22.9 Å². The third-order valence-corrected chi connectivity index (χ3v) is 6.03. The van der Waals surface area contributed by atoms with E-state index in [0.29, 0.717) is 50.7 Å². The van der Waals surface area contributed by atoms with Crippen molar-refractivity contribution in [2.75, 3.05) is 47.4 Å². The van der Waals surface area contributed by atoms with Gasteiger partial charge in [-0.15, -0.1) is 0 Å². The van der Waals surface area contributed by atoms with Crippen LogP contribution in [0.3, 0.4) is 0 Å². The van der Waals surface area contributed by atoms with E-state index in [1.54, 1.807) is 4.90 Å². The van der Waals surface area contributed by atoms with Gasteiger partial charge in [0.25, 0.3) is 5.91 Å². The predicted molar refractivity (Wildman–Crippen MR) is 115 cm³/mol. The number of halogens is 2. The minimum absolute atomic E-state index is 0.106. The molecule has 1 aromatic carbocycles. The van der Waals surface area contributed by atoms with Crippen LogP contribution in [0.4, 0.5) is 13.6 Å². The summed E-state index contributed by atoms with van der Waals surface area (Å²) in [5.74, 6) is -1.61. The van der Waals surface area contributed by atoms with Crippen molar-refractivity contribution in [3.63, 3.8) is 0 Å². The van der Waals surface area contributed by atoms with Gasteiger partial charge in [0.05, 0.1) is 44.2 Å². The number of likely N-dealkylation sites (N-methyl/N-ethyl adjacent to an activating group) is 1. The molecule has 0 spiro atoms. The normalized spacial score (nSPS) is 18.7. The van der Waals surface area contributed by atoms with E-state index in [2.05, 4.69) is 15.2 Å². The molecule has 11 heteroatoms. The van der Waals surface area contributed by atoms with Crippen molar-refractivity contribution in [3.05, 3.63) is 40.8 Å². The first kappa shape index (κ1) is 23.1. The molecular formula is C22H27F2N5O4. The quantitative estimate of drug-likeness (QED) is 0.742. The zero-order chi connectivity index (χ0) is 23.7. The molecule has 1 saturated heterocycles. The van der Waals surface area contributed by atoms with Crippen LogP contribution in [0.5, 0.6) is 0 Å². The van der Waals surface area contributed by atoms with Crippen LogP contribution >= 0.6 is 0 Å². The second kappa shape index (κ2) is 9.44. The van der Waals surface area contributed by atoms with E-state index in [0.717, 1.165) is 18.7 Å². The number of hydrogen-bond donors (Lipinski definition) is 1. The van der Waals surface area contributed by atoms with Crippen LogP contribution in [0, 0.1) is 11.6 Å². The molecule has 0 saturated carbocycles. The number of fused-ring (bicyclic) bond motifs is 1. The average molecular weight is 463 g/mol. The second-order valence-corrected chi connectivity index (χ2v) is 8.22. The van der Waals surface area contributed by atoms with Gasteiger partial charge in [0, 0.05) is 44.4 Å². The fourth-order valence-electron chi connectivity index (χ4n) is 4.35. The van der Waals surface area contributed by atoms with Gasteiger partial charge in [-0.05, 0) is 19.2 Å². The number of nitrogens with zero attached hydrogens (tertiary/aromatic N) is 4. The largest absolute Gasteiger partial charge is 0.453 e. The summed E-state index contributed by atoms with van der Waals surface area (Å²) in [5.41, 5.74) is 0.450. The monoisotopic (exact) mass is 463 g/mol. The van der Waals surface area contributed by atoms with E-state index in [9.17, 15) is 9.59 Å². The number of benzene rings is 1. The van der Waals surface area contributed by atoms with Gasteiger partial charge in [0.2, 0.25) is 0 Å². The Hall–Kier alpha value is -3.05. The van der Waals surface area contributed by atoms with E-state index < -0.39 is 23.6 Å². The van der Waals surface area contributed by atoms with Gasteiger partial charge in [-0.3, -0.25) is 9.69 Å². The molecule has 1 aromatic heterocycles. The van der Waals surface area contributed by atoms with Crippen LogP contribution in [-0.2, 0) is 29.0 Å². The molecule has 2 aliphatic heterocycles. The van der Waals surface area contributed by atoms with Crippen molar-refractivity contribution in [3.8, 4) is 11.3 Å². The molecule has 1 fully saturated rings. The number of hydrogen-bond acceptors (Lipinski definition) is 6. The summed E-state index contributed by atoms with van der Waals surface area (Å²) in [4.78, 5) is 32.1. The number of morpholine rings is 1. The lowest BCUT2D eigenvalue weighted by atomic mass is 10.0. The molecule has 9 nitrogen and oxygen atoms in total. The van der Waals surface area contributed by atoms with Gasteiger partial charge in [-0.25, -0.2) is 18.6 Å². The molecule has 3 heterocycles. The highest BCUT2D eigenvalue weighted by molar-refractivity contribution is 5.94. The third kappa shape index (κ3) is 4.55. The maximum atomic E-state index is 15.1. The molecule has 0 bridgehead atoms. The molecule has 2 aromatic rings. The number of nitrogens with one attached hydrogen (secondary N) is 1. The lowest BCUT2D eigenvalue weighted by Gasteiger charge is -2.32. The number of rotatable bonds is 4. The zero-order valence-corrected chi connectivity index (χ0v) is 18.9. The summed E-state index contributed by atoms with van der Waals surface area (Å²) >= 11 is 0. The summed E-state index contributed by atoms with van der Waals surface area (Å²) < 4.78 is 42.9. The average Bonchev–Trinajstić information content (AvgIpc) is 3.14. The Bertz CT molecular complexity index is 1050. The predicted octanol–water partition coefficient (Wildman–Crippen LogP) is 1.64. The fourth-order valence-corrected chi connectivity index (χ4v) is 4.35. The van der Waals surface area contributed by atoms with Crippen molar-refractivity contribution in [2.24, 2.45) is 0 Å². The SMILES string of the molecule is CNC(=O)c1cc(F)c(-c2nc3n(c2C[C@H]2CN(C(=O)OC)CCO2)CCN(C)C3)c(F)c1. The van der Waals surface area contributed by atoms with Crippen LogP contribution < -0.4 is 5.32 Å². The summed E-state index contributed by atoms with van der Waals surface area (Å²) in [7, 11) is 4.67. The van der Waals surface area contributed by atoms with Gasteiger partial charge in [0.1, 0.15) is 17.5 Å². The highest BCUT2D eigenvalue weighted by atomic mass is 19.1. The lowest BCUT2D eigenvalue weighted by Crippen LogP contribution is -2.46.